The van der Waals surface area contributed by atoms with Crippen LogP contribution in [0.25, 0.3) is 0 Å². The van der Waals surface area contributed by atoms with Gasteiger partial charge in [0.2, 0.25) is 5.91 Å². The van der Waals surface area contributed by atoms with Crippen LogP contribution in [0.2, 0.25) is 0 Å². The number of nitrogens with one attached hydrogen (secondary N) is 1. The number of carbonyl (C=O) groups is 1. The largest absolute Gasteiger partial charge is 0.435 e. The van der Waals surface area contributed by atoms with Crippen LogP contribution in [0.4, 0.5) is 14.5 Å². The third-order valence-corrected chi connectivity index (χ3v) is 3.22. The van der Waals surface area contributed by atoms with E-state index in [1.807, 2.05) is 0 Å². The van der Waals surface area contributed by atoms with E-state index in [9.17, 15) is 13.6 Å². The molecule has 0 spiro atoms. The highest BCUT2D eigenvalue weighted by molar-refractivity contribution is 6.03. The highest BCUT2D eigenvalue weighted by Gasteiger charge is 2.42. The summed E-state index contributed by atoms with van der Waals surface area (Å²) in [7, 11) is 0. The van der Waals surface area contributed by atoms with E-state index in [0.717, 1.165) is 18.4 Å². The summed E-state index contributed by atoms with van der Waals surface area (Å²) in [4.78, 5) is 11.7. The predicted octanol–water partition coefficient (Wildman–Crippen LogP) is 2.73. The Balaban J connectivity index is 1.93. The number of hydrogen-bond donors (Lipinski definition) is 1. The molecule has 1 aliphatic carbocycles. The number of carbonyl (C=O) groups excluding carboxylic acids is 1. The second kappa shape index (κ2) is 3.68. The monoisotopic (exact) mass is 239 g/mol. The summed E-state index contributed by atoms with van der Waals surface area (Å²) in [5.41, 5.74) is 1.50. The third kappa shape index (κ3) is 1.85. The second-order valence-corrected chi connectivity index (χ2v) is 4.43. The average Bonchev–Trinajstić information content (AvgIpc) is 3.01. The summed E-state index contributed by atoms with van der Waals surface area (Å²) in [6.07, 6.45) is 2.05. The first kappa shape index (κ1) is 10.5. The smallest absolute Gasteiger partial charge is 0.387 e. The van der Waals surface area contributed by atoms with Gasteiger partial charge in [-0.15, -0.1) is 0 Å². The van der Waals surface area contributed by atoms with Crippen molar-refractivity contribution in [2.24, 2.45) is 5.92 Å². The zero-order chi connectivity index (χ0) is 12.0. The van der Waals surface area contributed by atoms with Crippen molar-refractivity contribution in [3.8, 4) is 5.75 Å². The van der Waals surface area contributed by atoms with E-state index in [0.29, 0.717) is 11.6 Å². The molecule has 1 heterocycles. The number of alkyl halides is 2. The van der Waals surface area contributed by atoms with E-state index in [-0.39, 0.29) is 17.6 Å². The van der Waals surface area contributed by atoms with Crippen LogP contribution in [-0.4, -0.2) is 12.5 Å². The van der Waals surface area contributed by atoms with Crippen molar-refractivity contribution in [3.63, 3.8) is 0 Å². The molecule has 1 aliphatic heterocycles. The van der Waals surface area contributed by atoms with Gasteiger partial charge in [0.15, 0.2) is 0 Å². The van der Waals surface area contributed by atoms with Crippen LogP contribution in [-0.2, 0) is 4.79 Å². The molecule has 1 aromatic carbocycles. The van der Waals surface area contributed by atoms with Crippen LogP contribution < -0.4 is 10.1 Å². The van der Waals surface area contributed by atoms with Gasteiger partial charge in [0.25, 0.3) is 0 Å². The molecule has 1 amide bonds. The lowest BCUT2D eigenvalue weighted by molar-refractivity contribution is -0.117. The normalized spacial score (nSPS) is 22.5. The summed E-state index contributed by atoms with van der Waals surface area (Å²) in [5.74, 6) is 0.252. The maximum absolute atomic E-state index is 12.1. The van der Waals surface area contributed by atoms with Crippen LogP contribution in [0.3, 0.4) is 0 Å². The summed E-state index contributed by atoms with van der Waals surface area (Å²) in [5, 5.41) is 2.77. The molecule has 2 aliphatic rings. The van der Waals surface area contributed by atoms with Gasteiger partial charge in [0.1, 0.15) is 5.75 Å². The maximum atomic E-state index is 12.1. The van der Waals surface area contributed by atoms with Crippen molar-refractivity contribution in [2.45, 2.75) is 25.4 Å². The Hall–Kier alpha value is -1.65. The molecule has 90 valence electrons. The van der Waals surface area contributed by atoms with E-state index in [4.69, 9.17) is 0 Å². The standard InChI is InChI=1S/C12H11F2NO2/c13-12(14)17-7-3-4-9-8(5-7)10(6-1-2-6)11(16)15-9/h3-6,10,12H,1-2H2,(H,15,16). The minimum absolute atomic E-state index is 0.0308. The number of rotatable bonds is 3. The first-order valence-corrected chi connectivity index (χ1v) is 5.55. The molecule has 1 aromatic rings. The molecular formula is C12H11F2NO2. The Morgan fingerprint density at radius 3 is 2.76 bits per heavy atom. The number of halogens is 2. The van der Waals surface area contributed by atoms with Crippen LogP contribution in [0.15, 0.2) is 18.2 Å². The first-order valence-electron chi connectivity index (χ1n) is 5.55. The van der Waals surface area contributed by atoms with Crippen LogP contribution in [0, 0.1) is 5.92 Å². The van der Waals surface area contributed by atoms with Crippen molar-refractivity contribution in [1.29, 1.82) is 0 Å². The Labute approximate surface area is 96.8 Å². The molecule has 0 saturated heterocycles. The van der Waals surface area contributed by atoms with Crippen LogP contribution in [0.1, 0.15) is 24.3 Å². The fraction of sp³-hybridized carbons (Fsp3) is 0.417. The molecular weight excluding hydrogens is 228 g/mol. The Kier molecular flexibility index (Phi) is 2.28. The molecule has 0 radical (unpaired) electrons. The lowest BCUT2D eigenvalue weighted by atomic mass is 9.96. The number of anilines is 1. The van der Waals surface area contributed by atoms with Crippen molar-refractivity contribution in [2.75, 3.05) is 5.32 Å². The summed E-state index contributed by atoms with van der Waals surface area (Å²) in [6, 6.07) is 4.61. The van der Waals surface area contributed by atoms with Crippen LogP contribution in [0.5, 0.6) is 5.75 Å². The molecule has 1 saturated carbocycles. The van der Waals surface area contributed by atoms with E-state index < -0.39 is 6.61 Å². The molecule has 1 fully saturated rings. The number of hydrogen-bond acceptors (Lipinski definition) is 2. The lowest BCUT2D eigenvalue weighted by Gasteiger charge is -2.09. The highest BCUT2D eigenvalue weighted by Crippen LogP contribution is 2.48. The van der Waals surface area contributed by atoms with Gasteiger partial charge in [-0.1, -0.05) is 0 Å². The fourth-order valence-corrected chi connectivity index (χ4v) is 2.34. The Bertz CT molecular complexity index is 472. The molecule has 0 aromatic heterocycles. The van der Waals surface area contributed by atoms with E-state index >= 15 is 0 Å². The maximum Gasteiger partial charge on any atom is 0.387 e. The van der Waals surface area contributed by atoms with Crippen molar-refractivity contribution in [3.05, 3.63) is 23.8 Å². The van der Waals surface area contributed by atoms with Gasteiger partial charge in [-0.2, -0.15) is 8.78 Å². The van der Waals surface area contributed by atoms with Crippen molar-refractivity contribution >= 4 is 11.6 Å². The lowest BCUT2D eigenvalue weighted by Crippen LogP contribution is -2.13. The van der Waals surface area contributed by atoms with Gasteiger partial charge in [0.05, 0.1) is 5.92 Å². The second-order valence-electron chi connectivity index (χ2n) is 4.43. The topological polar surface area (TPSA) is 38.3 Å². The van der Waals surface area contributed by atoms with E-state index in [1.54, 1.807) is 12.1 Å². The zero-order valence-corrected chi connectivity index (χ0v) is 8.95. The molecule has 5 heteroatoms. The van der Waals surface area contributed by atoms with Gasteiger partial charge < -0.3 is 10.1 Å². The SMILES string of the molecule is O=C1Nc2ccc(OC(F)F)cc2C1C1CC1. The molecule has 1 N–H and O–H groups in total. The van der Waals surface area contributed by atoms with Crippen LogP contribution >= 0.6 is 0 Å². The van der Waals surface area contributed by atoms with Gasteiger partial charge in [-0.05, 0) is 42.5 Å². The van der Waals surface area contributed by atoms with Gasteiger partial charge in [0, 0.05) is 5.69 Å². The molecule has 1 unspecified atom stereocenters. The summed E-state index contributed by atoms with van der Waals surface area (Å²) < 4.78 is 28.6. The minimum atomic E-state index is -2.84. The average molecular weight is 239 g/mol. The fourth-order valence-electron chi connectivity index (χ4n) is 2.34. The molecule has 3 nitrogen and oxygen atoms in total. The third-order valence-electron chi connectivity index (χ3n) is 3.22. The summed E-state index contributed by atoms with van der Waals surface area (Å²) in [6.45, 7) is -2.84. The number of fused-ring (bicyclic) bond motifs is 1. The molecule has 17 heavy (non-hydrogen) atoms. The molecule has 0 bridgehead atoms. The van der Waals surface area contributed by atoms with Gasteiger partial charge in [-0.25, -0.2) is 0 Å². The summed E-state index contributed by atoms with van der Waals surface area (Å²) >= 11 is 0. The van der Waals surface area contributed by atoms with Gasteiger partial charge in [-0.3, -0.25) is 4.79 Å². The zero-order valence-electron chi connectivity index (χ0n) is 8.95. The number of benzene rings is 1. The predicted molar refractivity (Wildman–Crippen MR) is 57.2 cm³/mol. The Morgan fingerprint density at radius 1 is 1.35 bits per heavy atom. The Morgan fingerprint density at radius 2 is 2.12 bits per heavy atom. The first-order chi connectivity index (χ1) is 8.15. The van der Waals surface area contributed by atoms with Crippen molar-refractivity contribution < 1.29 is 18.3 Å². The quantitative estimate of drug-likeness (QED) is 0.880. The highest BCUT2D eigenvalue weighted by atomic mass is 19.3. The molecule has 3 rings (SSSR count). The number of amides is 1. The molecule has 1 atom stereocenters. The van der Waals surface area contributed by atoms with Gasteiger partial charge >= 0.3 is 6.61 Å². The van der Waals surface area contributed by atoms with E-state index in [2.05, 4.69) is 10.1 Å². The van der Waals surface area contributed by atoms with E-state index in [1.165, 1.54) is 6.07 Å². The minimum Gasteiger partial charge on any atom is -0.435 e. The number of ether oxygens (including phenoxy) is 1. The van der Waals surface area contributed by atoms with Crippen molar-refractivity contribution in [1.82, 2.24) is 0 Å².